The normalized spacial score (nSPS) is 10.8. The summed E-state index contributed by atoms with van der Waals surface area (Å²) < 4.78 is 0. The third-order valence-electron chi connectivity index (χ3n) is 2.43. The van der Waals surface area contributed by atoms with E-state index in [4.69, 9.17) is 39.9 Å². The van der Waals surface area contributed by atoms with Crippen LogP contribution in [-0.4, -0.2) is 22.3 Å². The Balaban J connectivity index is 2.31. The minimum absolute atomic E-state index is 0.00289. The van der Waals surface area contributed by atoms with Crippen LogP contribution < -0.4 is 5.43 Å². The lowest BCUT2D eigenvalue weighted by molar-refractivity contribution is 0.0691. The lowest BCUT2D eigenvalue weighted by Gasteiger charge is -2.09. The van der Waals surface area contributed by atoms with Gasteiger partial charge in [-0.25, -0.2) is 9.78 Å². The number of nitrogens with one attached hydrogen (secondary N) is 1. The number of pyridine rings is 1. The SMILES string of the molecule is O=C(O)c1nc(Cl)c(Cl)c(N/N=C/c2ccccc2)c1Cl. The number of anilines is 1. The summed E-state index contributed by atoms with van der Waals surface area (Å²) in [4.78, 5) is 14.6. The molecule has 0 bridgehead atoms. The second-order valence-corrected chi connectivity index (χ2v) is 4.95. The number of hydrogen-bond donors (Lipinski definition) is 2. The number of hydrogen-bond acceptors (Lipinski definition) is 4. The van der Waals surface area contributed by atoms with E-state index in [1.807, 2.05) is 30.3 Å². The third kappa shape index (κ3) is 3.64. The molecule has 0 unspecified atom stereocenters. The van der Waals surface area contributed by atoms with Gasteiger partial charge in [0.2, 0.25) is 0 Å². The molecule has 2 N–H and O–H groups in total. The van der Waals surface area contributed by atoms with Gasteiger partial charge in [-0.2, -0.15) is 5.10 Å². The van der Waals surface area contributed by atoms with Crippen LogP contribution in [0, 0.1) is 0 Å². The van der Waals surface area contributed by atoms with E-state index in [9.17, 15) is 4.79 Å². The van der Waals surface area contributed by atoms with Crippen molar-refractivity contribution in [3.05, 3.63) is 56.8 Å². The highest BCUT2D eigenvalue weighted by Gasteiger charge is 2.20. The van der Waals surface area contributed by atoms with Crippen LogP contribution in [0.1, 0.15) is 16.1 Å². The Bertz CT molecular complexity index is 706. The minimum Gasteiger partial charge on any atom is -0.476 e. The molecule has 1 heterocycles. The molecule has 108 valence electrons. The molecule has 0 atom stereocenters. The molecule has 1 aromatic heterocycles. The van der Waals surface area contributed by atoms with Crippen molar-refractivity contribution in [1.82, 2.24) is 4.98 Å². The molecule has 0 saturated carbocycles. The summed E-state index contributed by atoms with van der Waals surface area (Å²) in [5.41, 5.74) is 3.11. The predicted molar refractivity (Wildman–Crippen MR) is 83.9 cm³/mol. The van der Waals surface area contributed by atoms with Gasteiger partial charge in [0.15, 0.2) is 10.8 Å². The van der Waals surface area contributed by atoms with Crippen LogP contribution in [-0.2, 0) is 0 Å². The van der Waals surface area contributed by atoms with Crippen molar-refractivity contribution in [3.63, 3.8) is 0 Å². The summed E-state index contributed by atoms with van der Waals surface area (Å²) in [5, 5.41) is 12.6. The molecule has 0 radical (unpaired) electrons. The van der Waals surface area contributed by atoms with E-state index in [0.717, 1.165) is 5.56 Å². The molecular formula is C13H8Cl3N3O2. The van der Waals surface area contributed by atoms with E-state index in [1.54, 1.807) is 0 Å². The first kappa shape index (κ1) is 15.6. The van der Waals surface area contributed by atoms with Crippen LogP contribution in [0.2, 0.25) is 15.2 Å². The van der Waals surface area contributed by atoms with Gasteiger partial charge < -0.3 is 5.11 Å². The fourth-order valence-corrected chi connectivity index (χ4v) is 2.13. The Labute approximate surface area is 135 Å². The van der Waals surface area contributed by atoms with Crippen LogP contribution in [0.25, 0.3) is 0 Å². The van der Waals surface area contributed by atoms with Gasteiger partial charge in [-0.3, -0.25) is 5.43 Å². The largest absolute Gasteiger partial charge is 0.476 e. The van der Waals surface area contributed by atoms with E-state index < -0.39 is 11.7 Å². The molecule has 0 saturated heterocycles. The van der Waals surface area contributed by atoms with Crippen LogP contribution in [0.15, 0.2) is 35.4 Å². The summed E-state index contributed by atoms with van der Waals surface area (Å²) in [6, 6.07) is 9.27. The van der Waals surface area contributed by atoms with Crippen LogP contribution >= 0.6 is 34.8 Å². The maximum atomic E-state index is 11.0. The molecule has 0 aliphatic rings. The second-order valence-electron chi connectivity index (χ2n) is 3.84. The number of hydrazone groups is 1. The maximum Gasteiger partial charge on any atom is 0.356 e. The van der Waals surface area contributed by atoms with Gasteiger partial charge in [0.05, 0.1) is 11.9 Å². The first-order valence-electron chi connectivity index (χ1n) is 5.62. The third-order valence-corrected chi connectivity index (χ3v) is 3.54. The van der Waals surface area contributed by atoms with Crippen molar-refractivity contribution in [1.29, 1.82) is 0 Å². The highest BCUT2D eigenvalue weighted by atomic mass is 35.5. The molecule has 5 nitrogen and oxygen atoms in total. The van der Waals surface area contributed by atoms with E-state index in [-0.39, 0.29) is 20.9 Å². The van der Waals surface area contributed by atoms with E-state index >= 15 is 0 Å². The number of benzene rings is 1. The van der Waals surface area contributed by atoms with Crippen molar-refractivity contribution in [2.24, 2.45) is 5.10 Å². The molecule has 0 aliphatic heterocycles. The fourth-order valence-electron chi connectivity index (χ4n) is 1.46. The van der Waals surface area contributed by atoms with Gasteiger partial charge in [-0.1, -0.05) is 65.1 Å². The average Bonchev–Trinajstić information content (AvgIpc) is 2.47. The van der Waals surface area contributed by atoms with Crippen LogP contribution in [0.3, 0.4) is 0 Å². The molecule has 0 amide bonds. The van der Waals surface area contributed by atoms with E-state index in [2.05, 4.69) is 15.5 Å². The number of rotatable bonds is 4. The number of carboxylic acids is 1. The molecular weight excluding hydrogens is 337 g/mol. The average molecular weight is 345 g/mol. The molecule has 8 heteroatoms. The smallest absolute Gasteiger partial charge is 0.356 e. The summed E-state index contributed by atoms with van der Waals surface area (Å²) >= 11 is 17.7. The summed E-state index contributed by atoms with van der Waals surface area (Å²) in [7, 11) is 0. The number of aromatic nitrogens is 1. The van der Waals surface area contributed by atoms with E-state index in [0.29, 0.717) is 0 Å². The predicted octanol–water partition coefficient (Wildman–Crippen LogP) is 4.19. The molecule has 1 aromatic carbocycles. The molecule has 0 spiro atoms. The summed E-state index contributed by atoms with van der Waals surface area (Å²) in [5.74, 6) is -1.31. The summed E-state index contributed by atoms with van der Waals surface area (Å²) in [6.07, 6.45) is 1.53. The monoisotopic (exact) mass is 343 g/mol. The van der Waals surface area contributed by atoms with Gasteiger partial charge in [0.1, 0.15) is 10.0 Å². The van der Waals surface area contributed by atoms with Crippen LogP contribution in [0.5, 0.6) is 0 Å². The van der Waals surface area contributed by atoms with Gasteiger partial charge >= 0.3 is 5.97 Å². The zero-order chi connectivity index (χ0) is 15.4. The zero-order valence-electron chi connectivity index (χ0n) is 10.3. The number of carboxylic acid groups (broad SMARTS) is 1. The molecule has 0 fully saturated rings. The number of nitrogens with zero attached hydrogens (tertiary/aromatic N) is 2. The number of halogens is 3. The number of carbonyl (C=O) groups is 1. The lowest BCUT2D eigenvalue weighted by atomic mass is 10.2. The minimum atomic E-state index is -1.31. The first-order chi connectivity index (χ1) is 10.0. The van der Waals surface area contributed by atoms with E-state index in [1.165, 1.54) is 6.21 Å². The van der Waals surface area contributed by atoms with Gasteiger partial charge in [-0.15, -0.1) is 0 Å². The highest BCUT2D eigenvalue weighted by Crippen LogP contribution is 2.36. The summed E-state index contributed by atoms with van der Waals surface area (Å²) in [6.45, 7) is 0. The van der Waals surface area contributed by atoms with Crippen molar-refractivity contribution < 1.29 is 9.90 Å². The Morgan fingerprint density at radius 2 is 1.86 bits per heavy atom. The van der Waals surface area contributed by atoms with Crippen molar-refractivity contribution >= 4 is 52.7 Å². The van der Waals surface area contributed by atoms with Crippen LogP contribution in [0.4, 0.5) is 5.69 Å². The quantitative estimate of drug-likeness (QED) is 0.495. The maximum absolute atomic E-state index is 11.0. The molecule has 0 aliphatic carbocycles. The zero-order valence-corrected chi connectivity index (χ0v) is 12.6. The van der Waals surface area contributed by atoms with Crippen molar-refractivity contribution in [3.8, 4) is 0 Å². The molecule has 21 heavy (non-hydrogen) atoms. The molecule has 2 rings (SSSR count). The topological polar surface area (TPSA) is 74.6 Å². The Morgan fingerprint density at radius 3 is 2.48 bits per heavy atom. The number of aromatic carboxylic acids is 1. The van der Waals surface area contributed by atoms with Crippen molar-refractivity contribution in [2.45, 2.75) is 0 Å². The van der Waals surface area contributed by atoms with Crippen molar-refractivity contribution in [2.75, 3.05) is 5.43 Å². The first-order valence-corrected chi connectivity index (χ1v) is 6.76. The van der Waals surface area contributed by atoms with Gasteiger partial charge in [-0.05, 0) is 5.56 Å². The van der Waals surface area contributed by atoms with Gasteiger partial charge in [0.25, 0.3) is 0 Å². The molecule has 2 aromatic rings. The Hall–Kier alpha value is -1.82. The Morgan fingerprint density at radius 1 is 1.19 bits per heavy atom. The Kier molecular flexibility index (Phi) is 5.01. The highest BCUT2D eigenvalue weighted by molar-refractivity contribution is 6.46. The second kappa shape index (κ2) is 6.76. The lowest BCUT2D eigenvalue weighted by Crippen LogP contribution is -2.05. The van der Waals surface area contributed by atoms with Gasteiger partial charge in [0, 0.05) is 0 Å². The standard InChI is InChI=1S/C13H8Cl3N3O2/c14-8-10(9(15)12(16)18-11(8)13(20)21)19-17-6-7-4-2-1-3-5-7/h1-6H,(H,18,19)(H,20,21)/b17-6+. The fraction of sp³-hybridized carbons (Fsp3) is 0.